The Bertz CT molecular complexity index is 466. The van der Waals surface area contributed by atoms with Crippen molar-refractivity contribution in [3.05, 3.63) is 35.4 Å². The minimum absolute atomic E-state index is 0.00356. The fraction of sp³-hybridized carbons (Fsp3) is 0.529. The molecule has 1 N–H and O–H groups in total. The number of carbonyl (C=O) groups excluding carboxylic acids is 2. The standard InChI is InChI=1S/C17H26N2O2/c1-4-10-18-16(20)14-8-7-9-15(13-14)17(21)19(11-5-2)12-6-3/h7-9,13H,4-6,10-12H2,1-3H3,(H,18,20). The van der Waals surface area contributed by atoms with Crippen molar-refractivity contribution >= 4 is 11.8 Å². The van der Waals surface area contributed by atoms with Crippen LogP contribution >= 0.6 is 0 Å². The van der Waals surface area contributed by atoms with Crippen molar-refractivity contribution in [2.75, 3.05) is 19.6 Å². The highest BCUT2D eigenvalue weighted by atomic mass is 16.2. The van der Waals surface area contributed by atoms with Gasteiger partial charge in [-0.15, -0.1) is 0 Å². The molecule has 4 nitrogen and oxygen atoms in total. The first kappa shape index (κ1) is 17.2. The van der Waals surface area contributed by atoms with Gasteiger partial charge in [-0.25, -0.2) is 0 Å². The van der Waals surface area contributed by atoms with Crippen LogP contribution in [0.1, 0.15) is 60.7 Å². The Morgan fingerprint density at radius 1 is 1.00 bits per heavy atom. The van der Waals surface area contributed by atoms with Crippen LogP contribution in [0.3, 0.4) is 0 Å². The summed E-state index contributed by atoms with van der Waals surface area (Å²) in [6, 6.07) is 6.97. The van der Waals surface area contributed by atoms with Crippen LogP contribution in [0, 0.1) is 0 Å². The van der Waals surface area contributed by atoms with Gasteiger partial charge in [-0.1, -0.05) is 26.8 Å². The van der Waals surface area contributed by atoms with Crippen LogP contribution in [-0.4, -0.2) is 36.3 Å². The van der Waals surface area contributed by atoms with E-state index in [0.29, 0.717) is 17.7 Å². The number of rotatable bonds is 8. The normalized spacial score (nSPS) is 10.2. The van der Waals surface area contributed by atoms with E-state index < -0.39 is 0 Å². The van der Waals surface area contributed by atoms with Crippen molar-refractivity contribution in [2.24, 2.45) is 0 Å². The van der Waals surface area contributed by atoms with Crippen LogP contribution in [-0.2, 0) is 0 Å². The second kappa shape index (κ2) is 9.16. The summed E-state index contributed by atoms with van der Waals surface area (Å²) >= 11 is 0. The highest BCUT2D eigenvalue weighted by molar-refractivity contribution is 5.99. The van der Waals surface area contributed by atoms with Crippen molar-refractivity contribution < 1.29 is 9.59 Å². The third kappa shape index (κ3) is 5.21. The zero-order chi connectivity index (χ0) is 15.7. The molecule has 0 aliphatic carbocycles. The molecule has 0 fully saturated rings. The maximum Gasteiger partial charge on any atom is 0.253 e. The van der Waals surface area contributed by atoms with E-state index in [0.717, 1.165) is 32.4 Å². The molecule has 0 bridgehead atoms. The summed E-state index contributed by atoms with van der Waals surface area (Å²) in [5.74, 6) is -0.118. The summed E-state index contributed by atoms with van der Waals surface area (Å²) in [5, 5.41) is 2.83. The van der Waals surface area contributed by atoms with E-state index in [1.807, 2.05) is 11.8 Å². The second-order valence-electron chi connectivity index (χ2n) is 5.13. The van der Waals surface area contributed by atoms with Crippen LogP contribution in [0.4, 0.5) is 0 Å². The highest BCUT2D eigenvalue weighted by Gasteiger charge is 2.15. The Morgan fingerprint density at radius 2 is 1.62 bits per heavy atom. The van der Waals surface area contributed by atoms with E-state index in [1.165, 1.54) is 0 Å². The first-order chi connectivity index (χ1) is 10.1. The van der Waals surface area contributed by atoms with Gasteiger partial charge in [0.05, 0.1) is 0 Å². The average Bonchev–Trinajstić information content (AvgIpc) is 2.51. The fourth-order valence-corrected chi connectivity index (χ4v) is 2.17. The summed E-state index contributed by atoms with van der Waals surface area (Å²) in [6.07, 6.45) is 2.76. The van der Waals surface area contributed by atoms with E-state index in [1.54, 1.807) is 24.3 Å². The van der Waals surface area contributed by atoms with E-state index >= 15 is 0 Å². The maximum absolute atomic E-state index is 12.5. The van der Waals surface area contributed by atoms with Gasteiger partial charge in [0.25, 0.3) is 11.8 Å². The fourth-order valence-electron chi connectivity index (χ4n) is 2.17. The van der Waals surface area contributed by atoms with Gasteiger partial charge in [0.2, 0.25) is 0 Å². The lowest BCUT2D eigenvalue weighted by atomic mass is 10.1. The molecular formula is C17H26N2O2. The second-order valence-corrected chi connectivity index (χ2v) is 5.13. The molecule has 0 radical (unpaired) electrons. The van der Waals surface area contributed by atoms with Crippen LogP contribution in [0.15, 0.2) is 24.3 Å². The third-order valence-corrected chi connectivity index (χ3v) is 3.18. The first-order valence-electron chi connectivity index (χ1n) is 7.81. The molecule has 21 heavy (non-hydrogen) atoms. The molecule has 2 amide bonds. The summed E-state index contributed by atoms with van der Waals surface area (Å²) in [5.41, 5.74) is 1.13. The number of hydrogen-bond donors (Lipinski definition) is 1. The molecule has 116 valence electrons. The molecular weight excluding hydrogens is 264 g/mol. The molecule has 0 aliphatic rings. The van der Waals surface area contributed by atoms with Crippen molar-refractivity contribution in [1.29, 1.82) is 0 Å². The maximum atomic E-state index is 12.5. The van der Waals surface area contributed by atoms with Gasteiger partial charge in [0.15, 0.2) is 0 Å². The van der Waals surface area contributed by atoms with Gasteiger partial charge in [0, 0.05) is 30.8 Å². The molecule has 0 spiro atoms. The molecule has 0 unspecified atom stereocenters. The number of nitrogens with zero attached hydrogens (tertiary/aromatic N) is 1. The molecule has 0 heterocycles. The average molecular weight is 290 g/mol. The predicted octanol–water partition coefficient (Wildman–Crippen LogP) is 3.09. The molecule has 1 rings (SSSR count). The number of benzene rings is 1. The van der Waals surface area contributed by atoms with Crippen molar-refractivity contribution in [2.45, 2.75) is 40.0 Å². The largest absolute Gasteiger partial charge is 0.352 e. The molecule has 0 aliphatic heterocycles. The lowest BCUT2D eigenvalue weighted by Crippen LogP contribution is -2.32. The van der Waals surface area contributed by atoms with Gasteiger partial charge in [-0.05, 0) is 37.5 Å². The van der Waals surface area contributed by atoms with Crippen LogP contribution in [0.2, 0.25) is 0 Å². The summed E-state index contributed by atoms with van der Waals surface area (Å²) < 4.78 is 0. The smallest absolute Gasteiger partial charge is 0.253 e. The predicted molar refractivity (Wildman–Crippen MR) is 85.6 cm³/mol. The molecule has 0 aromatic heterocycles. The summed E-state index contributed by atoms with van der Waals surface area (Å²) in [4.78, 5) is 26.3. The third-order valence-electron chi connectivity index (χ3n) is 3.18. The first-order valence-corrected chi connectivity index (χ1v) is 7.81. The lowest BCUT2D eigenvalue weighted by molar-refractivity contribution is 0.0755. The van der Waals surface area contributed by atoms with Crippen LogP contribution in [0.25, 0.3) is 0 Å². The molecule has 4 heteroatoms. The summed E-state index contributed by atoms with van der Waals surface area (Å²) in [7, 11) is 0. The topological polar surface area (TPSA) is 49.4 Å². The number of carbonyl (C=O) groups is 2. The van der Waals surface area contributed by atoms with Crippen molar-refractivity contribution in [1.82, 2.24) is 10.2 Å². The summed E-state index contributed by atoms with van der Waals surface area (Å²) in [6.45, 7) is 8.27. The van der Waals surface area contributed by atoms with Gasteiger partial charge in [0.1, 0.15) is 0 Å². The Hall–Kier alpha value is -1.84. The monoisotopic (exact) mass is 290 g/mol. The van der Waals surface area contributed by atoms with Crippen LogP contribution < -0.4 is 5.32 Å². The van der Waals surface area contributed by atoms with Crippen LogP contribution in [0.5, 0.6) is 0 Å². The number of nitrogens with one attached hydrogen (secondary N) is 1. The van der Waals surface area contributed by atoms with Crippen molar-refractivity contribution in [3.8, 4) is 0 Å². The number of hydrogen-bond acceptors (Lipinski definition) is 2. The molecule has 0 saturated carbocycles. The molecule has 1 aromatic rings. The van der Waals surface area contributed by atoms with E-state index in [4.69, 9.17) is 0 Å². The quantitative estimate of drug-likeness (QED) is 0.800. The highest BCUT2D eigenvalue weighted by Crippen LogP contribution is 2.10. The van der Waals surface area contributed by atoms with E-state index in [2.05, 4.69) is 19.2 Å². The molecule has 0 atom stereocenters. The van der Waals surface area contributed by atoms with Gasteiger partial charge in [-0.3, -0.25) is 9.59 Å². The zero-order valence-corrected chi connectivity index (χ0v) is 13.3. The van der Waals surface area contributed by atoms with Gasteiger partial charge >= 0.3 is 0 Å². The Kier molecular flexibility index (Phi) is 7.51. The zero-order valence-electron chi connectivity index (χ0n) is 13.3. The Labute approximate surface area is 127 Å². The Morgan fingerprint density at radius 3 is 2.19 bits per heavy atom. The Balaban J connectivity index is 2.87. The van der Waals surface area contributed by atoms with E-state index in [9.17, 15) is 9.59 Å². The van der Waals surface area contributed by atoms with Crippen molar-refractivity contribution in [3.63, 3.8) is 0 Å². The molecule has 0 saturated heterocycles. The van der Waals surface area contributed by atoms with Gasteiger partial charge < -0.3 is 10.2 Å². The van der Waals surface area contributed by atoms with E-state index in [-0.39, 0.29) is 11.8 Å². The minimum atomic E-state index is -0.121. The lowest BCUT2D eigenvalue weighted by Gasteiger charge is -2.21. The number of amides is 2. The minimum Gasteiger partial charge on any atom is -0.352 e. The van der Waals surface area contributed by atoms with Gasteiger partial charge in [-0.2, -0.15) is 0 Å². The SMILES string of the molecule is CCCNC(=O)c1cccc(C(=O)N(CCC)CCC)c1. The molecule has 1 aromatic carbocycles.